The number of nitrogens with zero attached hydrogens (tertiary/aromatic N) is 1. The van der Waals surface area contributed by atoms with Gasteiger partial charge in [0, 0.05) is 12.6 Å². The van der Waals surface area contributed by atoms with Crippen LogP contribution in [0.1, 0.15) is 12.8 Å². The van der Waals surface area contributed by atoms with Crippen molar-refractivity contribution < 1.29 is 23.1 Å². The number of aliphatic hydroxyl groups is 1. The minimum atomic E-state index is -2.91. The van der Waals surface area contributed by atoms with Crippen LogP contribution >= 0.6 is 0 Å². The van der Waals surface area contributed by atoms with Gasteiger partial charge in [0.2, 0.25) is 5.91 Å². The Morgan fingerprint density at radius 3 is 2.59 bits per heavy atom. The molecule has 2 rings (SSSR count). The number of morpholine rings is 1. The largest absolute Gasteiger partial charge is 0.394 e. The summed E-state index contributed by atoms with van der Waals surface area (Å²) in [6.07, 6.45) is 0.643. The molecule has 0 aromatic heterocycles. The van der Waals surface area contributed by atoms with Crippen LogP contribution in [-0.4, -0.2) is 67.7 Å². The van der Waals surface area contributed by atoms with Crippen LogP contribution in [0.5, 0.6) is 0 Å². The first kappa shape index (κ1) is 12.8. The molecule has 2 fully saturated rings. The van der Waals surface area contributed by atoms with Crippen molar-refractivity contribution >= 4 is 15.7 Å². The van der Waals surface area contributed by atoms with Crippen molar-refractivity contribution in [1.29, 1.82) is 0 Å². The number of rotatable bonds is 2. The number of ether oxygens (including phenoxy) is 1. The highest BCUT2D eigenvalue weighted by Crippen LogP contribution is 2.21. The second-order valence-electron chi connectivity index (χ2n) is 4.54. The predicted molar refractivity (Wildman–Crippen MR) is 60.2 cm³/mol. The minimum absolute atomic E-state index is 0.0194. The van der Waals surface area contributed by atoms with Gasteiger partial charge in [-0.2, -0.15) is 0 Å². The monoisotopic (exact) mass is 263 g/mol. The maximum atomic E-state index is 11.7. The third kappa shape index (κ3) is 2.97. The molecule has 1 amide bonds. The SMILES string of the molecule is O=C1COC(CO)CN1C1CCS(=O)(=O)CC1. The molecule has 0 saturated carbocycles. The van der Waals surface area contributed by atoms with Gasteiger partial charge in [-0.05, 0) is 12.8 Å². The molecule has 1 N–H and O–H groups in total. The quantitative estimate of drug-likeness (QED) is 0.675. The summed E-state index contributed by atoms with van der Waals surface area (Å²) in [5.74, 6) is 0.178. The molecular formula is C10H17NO5S. The molecule has 7 heteroatoms. The highest BCUT2D eigenvalue weighted by atomic mass is 32.2. The van der Waals surface area contributed by atoms with Gasteiger partial charge in [-0.3, -0.25) is 4.79 Å². The fourth-order valence-corrected chi connectivity index (χ4v) is 3.76. The topological polar surface area (TPSA) is 83.9 Å². The summed E-state index contributed by atoms with van der Waals surface area (Å²) in [5, 5.41) is 9.02. The zero-order chi connectivity index (χ0) is 12.5. The molecule has 0 radical (unpaired) electrons. The highest BCUT2D eigenvalue weighted by molar-refractivity contribution is 7.91. The average Bonchev–Trinajstić information content (AvgIpc) is 2.30. The molecule has 0 spiro atoms. The maximum absolute atomic E-state index is 11.7. The average molecular weight is 263 g/mol. The lowest BCUT2D eigenvalue weighted by atomic mass is 10.1. The lowest BCUT2D eigenvalue weighted by molar-refractivity contribution is -0.154. The maximum Gasteiger partial charge on any atom is 0.248 e. The standard InChI is InChI=1S/C10H17NO5S/c12-6-9-5-11(10(13)7-16-9)8-1-3-17(14,15)4-2-8/h8-9,12H,1-7H2. The fourth-order valence-electron chi connectivity index (χ4n) is 2.30. The van der Waals surface area contributed by atoms with E-state index in [1.807, 2.05) is 0 Å². The van der Waals surface area contributed by atoms with Gasteiger partial charge in [-0.1, -0.05) is 0 Å². The van der Waals surface area contributed by atoms with Gasteiger partial charge in [0.1, 0.15) is 16.4 Å². The zero-order valence-electron chi connectivity index (χ0n) is 9.54. The van der Waals surface area contributed by atoms with Crippen molar-refractivity contribution in [3.8, 4) is 0 Å². The molecule has 0 aromatic rings. The van der Waals surface area contributed by atoms with Crippen molar-refractivity contribution in [2.75, 3.05) is 31.3 Å². The summed E-state index contributed by atoms with van der Waals surface area (Å²) in [5.41, 5.74) is 0. The molecule has 0 bridgehead atoms. The normalized spacial score (nSPS) is 30.5. The van der Waals surface area contributed by atoms with Crippen LogP contribution < -0.4 is 0 Å². The van der Waals surface area contributed by atoms with Crippen LogP contribution in [0.4, 0.5) is 0 Å². The van der Waals surface area contributed by atoms with Crippen molar-refractivity contribution in [2.45, 2.75) is 25.0 Å². The van der Waals surface area contributed by atoms with E-state index in [1.165, 1.54) is 0 Å². The Balaban J connectivity index is 1.99. The van der Waals surface area contributed by atoms with Crippen LogP contribution in [-0.2, 0) is 19.4 Å². The number of amides is 1. The summed E-state index contributed by atoms with van der Waals surface area (Å²) in [4.78, 5) is 13.4. The van der Waals surface area contributed by atoms with Gasteiger partial charge in [-0.15, -0.1) is 0 Å². The molecule has 1 unspecified atom stereocenters. The molecule has 17 heavy (non-hydrogen) atoms. The Labute approximate surface area is 100 Å². The number of sulfone groups is 1. The first-order valence-electron chi connectivity index (χ1n) is 5.74. The Morgan fingerprint density at radius 1 is 1.35 bits per heavy atom. The molecule has 2 heterocycles. The minimum Gasteiger partial charge on any atom is -0.394 e. The zero-order valence-corrected chi connectivity index (χ0v) is 10.4. The summed E-state index contributed by atoms with van der Waals surface area (Å²) < 4.78 is 27.8. The lowest BCUT2D eigenvalue weighted by Gasteiger charge is -2.39. The van der Waals surface area contributed by atoms with E-state index in [2.05, 4.69) is 0 Å². The van der Waals surface area contributed by atoms with Crippen LogP contribution in [0.3, 0.4) is 0 Å². The second-order valence-corrected chi connectivity index (χ2v) is 6.85. The summed E-state index contributed by atoms with van der Waals surface area (Å²) in [6, 6.07) is -0.0241. The molecule has 2 aliphatic heterocycles. The van der Waals surface area contributed by atoms with Gasteiger partial charge in [-0.25, -0.2) is 8.42 Å². The Morgan fingerprint density at radius 2 is 2.00 bits per heavy atom. The van der Waals surface area contributed by atoms with Gasteiger partial charge in [0.05, 0.1) is 24.2 Å². The molecule has 0 aromatic carbocycles. The van der Waals surface area contributed by atoms with Crippen molar-refractivity contribution in [3.05, 3.63) is 0 Å². The molecule has 2 aliphatic rings. The molecule has 1 atom stereocenters. The van der Waals surface area contributed by atoms with Crippen molar-refractivity contribution in [3.63, 3.8) is 0 Å². The summed E-state index contributed by atoms with van der Waals surface area (Å²) >= 11 is 0. The van der Waals surface area contributed by atoms with E-state index in [9.17, 15) is 13.2 Å². The smallest absolute Gasteiger partial charge is 0.248 e. The first-order chi connectivity index (χ1) is 8.02. The van der Waals surface area contributed by atoms with Crippen LogP contribution in [0.15, 0.2) is 0 Å². The number of hydrogen-bond acceptors (Lipinski definition) is 5. The first-order valence-corrected chi connectivity index (χ1v) is 7.56. The van der Waals surface area contributed by atoms with E-state index in [0.29, 0.717) is 19.4 Å². The summed E-state index contributed by atoms with van der Waals surface area (Å²) in [6.45, 7) is 0.226. The Bertz CT molecular complexity index is 380. The van der Waals surface area contributed by atoms with Gasteiger partial charge in [0.15, 0.2) is 0 Å². The molecule has 98 valence electrons. The van der Waals surface area contributed by atoms with Crippen LogP contribution in [0, 0.1) is 0 Å². The van der Waals surface area contributed by atoms with Crippen LogP contribution in [0.25, 0.3) is 0 Å². The van der Waals surface area contributed by atoms with E-state index in [1.54, 1.807) is 4.90 Å². The summed E-state index contributed by atoms with van der Waals surface area (Å²) in [7, 11) is -2.91. The third-order valence-electron chi connectivity index (χ3n) is 3.33. The molecule has 2 saturated heterocycles. The predicted octanol–water partition coefficient (Wildman–Crippen LogP) is -1.22. The molecule has 0 aliphatic carbocycles. The van der Waals surface area contributed by atoms with E-state index in [-0.39, 0.29) is 42.8 Å². The van der Waals surface area contributed by atoms with E-state index < -0.39 is 9.84 Å². The number of aliphatic hydroxyl groups excluding tert-OH is 1. The Hall–Kier alpha value is -0.660. The van der Waals surface area contributed by atoms with Crippen LogP contribution in [0.2, 0.25) is 0 Å². The second kappa shape index (κ2) is 4.91. The van der Waals surface area contributed by atoms with E-state index in [4.69, 9.17) is 9.84 Å². The van der Waals surface area contributed by atoms with Gasteiger partial charge >= 0.3 is 0 Å². The lowest BCUT2D eigenvalue weighted by Crippen LogP contribution is -2.54. The van der Waals surface area contributed by atoms with Crippen molar-refractivity contribution in [2.24, 2.45) is 0 Å². The highest BCUT2D eigenvalue weighted by Gasteiger charge is 2.34. The number of hydrogen-bond donors (Lipinski definition) is 1. The van der Waals surface area contributed by atoms with E-state index in [0.717, 1.165) is 0 Å². The fraction of sp³-hybridized carbons (Fsp3) is 0.900. The molecule has 6 nitrogen and oxygen atoms in total. The van der Waals surface area contributed by atoms with Gasteiger partial charge < -0.3 is 14.7 Å². The van der Waals surface area contributed by atoms with Gasteiger partial charge in [0.25, 0.3) is 0 Å². The number of carbonyl (C=O) groups excluding carboxylic acids is 1. The number of carbonyl (C=O) groups is 1. The molecular weight excluding hydrogens is 246 g/mol. The third-order valence-corrected chi connectivity index (χ3v) is 5.05. The van der Waals surface area contributed by atoms with Crippen molar-refractivity contribution in [1.82, 2.24) is 4.90 Å². The Kier molecular flexibility index (Phi) is 3.70. The van der Waals surface area contributed by atoms with E-state index >= 15 is 0 Å².